The van der Waals surface area contributed by atoms with Crippen LogP contribution in [0, 0.1) is 0 Å². The number of unbranched alkanes of at least 4 members (excludes halogenated alkanes) is 3. The number of amides is 1. The van der Waals surface area contributed by atoms with Crippen molar-refractivity contribution in [1.29, 1.82) is 0 Å². The zero-order valence-corrected chi connectivity index (χ0v) is 10.7. The van der Waals surface area contributed by atoms with Gasteiger partial charge in [0.25, 0.3) is 5.91 Å². The smallest absolute Gasteiger partial charge is 0.251 e. The summed E-state index contributed by atoms with van der Waals surface area (Å²) in [5.74, 6) is -0.0410. The average molecular weight is 250 g/mol. The highest BCUT2D eigenvalue weighted by molar-refractivity contribution is 5.94. The molecule has 0 saturated carbocycles. The van der Waals surface area contributed by atoms with Gasteiger partial charge in [-0.15, -0.1) is 0 Å². The molecule has 0 aliphatic heterocycles. The highest BCUT2D eigenvalue weighted by Crippen LogP contribution is 2.04. The number of aliphatic hydroxyl groups excluding tert-OH is 1. The Morgan fingerprint density at radius 3 is 2.39 bits per heavy atom. The fourth-order valence-electron chi connectivity index (χ4n) is 1.69. The standard InChI is InChI=1S/C14H22N2O2/c15-11-12-5-7-13(8-6-12)14(18)16-9-3-1-2-4-10-17/h5-8,17H,1-4,9-11,15H2,(H,16,18). The third kappa shape index (κ3) is 5.29. The van der Waals surface area contributed by atoms with Gasteiger partial charge in [-0.2, -0.15) is 0 Å². The van der Waals surface area contributed by atoms with E-state index >= 15 is 0 Å². The molecule has 1 rings (SSSR count). The predicted octanol–water partition coefficient (Wildman–Crippen LogP) is 1.43. The molecule has 0 atom stereocenters. The Kier molecular flexibility index (Phi) is 7.06. The van der Waals surface area contributed by atoms with Crippen LogP contribution in [0.25, 0.3) is 0 Å². The number of hydrogen-bond acceptors (Lipinski definition) is 3. The van der Waals surface area contributed by atoms with Crippen LogP contribution in [0.4, 0.5) is 0 Å². The lowest BCUT2D eigenvalue weighted by Gasteiger charge is -2.05. The first-order valence-corrected chi connectivity index (χ1v) is 6.46. The summed E-state index contributed by atoms with van der Waals surface area (Å²) in [6.07, 6.45) is 3.84. The molecule has 18 heavy (non-hydrogen) atoms. The molecule has 0 spiro atoms. The van der Waals surface area contributed by atoms with Crippen LogP contribution >= 0.6 is 0 Å². The van der Waals surface area contributed by atoms with Crippen LogP contribution in [0.2, 0.25) is 0 Å². The molecule has 1 aromatic rings. The minimum atomic E-state index is -0.0410. The van der Waals surface area contributed by atoms with Crippen molar-refractivity contribution in [3.05, 3.63) is 35.4 Å². The first-order chi connectivity index (χ1) is 8.77. The SMILES string of the molecule is NCc1ccc(C(=O)NCCCCCCO)cc1. The average Bonchev–Trinajstić information content (AvgIpc) is 2.42. The van der Waals surface area contributed by atoms with E-state index in [4.69, 9.17) is 10.8 Å². The third-order valence-electron chi connectivity index (χ3n) is 2.82. The van der Waals surface area contributed by atoms with Gasteiger partial charge < -0.3 is 16.2 Å². The van der Waals surface area contributed by atoms with Gasteiger partial charge in [0.1, 0.15) is 0 Å². The van der Waals surface area contributed by atoms with E-state index in [2.05, 4.69) is 5.32 Å². The molecule has 0 radical (unpaired) electrons. The molecular formula is C14H22N2O2. The van der Waals surface area contributed by atoms with Crippen LogP contribution in [-0.4, -0.2) is 24.2 Å². The molecule has 0 aromatic heterocycles. The van der Waals surface area contributed by atoms with Crippen LogP contribution < -0.4 is 11.1 Å². The third-order valence-corrected chi connectivity index (χ3v) is 2.82. The number of carbonyl (C=O) groups is 1. The lowest BCUT2D eigenvalue weighted by atomic mass is 10.1. The second-order valence-corrected chi connectivity index (χ2v) is 4.29. The zero-order valence-electron chi connectivity index (χ0n) is 10.7. The maximum atomic E-state index is 11.8. The van der Waals surface area contributed by atoms with E-state index in [1.807, 2.05) is 12.1 Å². The van der Waals surface area contributed by atoms with Crippen LogP contribution in [0.1, 0.15) is 41.6 Å². The van der Waals surface area contributed by atoms with E-state index < -0.39 is 0 Å². The van der Waals surface area contributed by atoms with E-state index in [1.54, 1.807) is 12.1 Å². The van der Waals surface area contributed by atoms with Gasteiger partial charge in [-0.3, -0.25) is 4.79 Å². The van der Waals surface area contributed by atoms with Gasteiger partial charge in [0.2, 0.25) is 0 Å². The predicted molar refractivity (Wildman–Crippen MR) is 72.2 cm³/mol. The van der Waals surface area contributed by atoms with Crippen molar-refractivity contribution in [1.82, 2.24) is 5.32 Å². The monoisotopic (exact) mass is 250 g/mol. The molecule has 4 nitrogen and oxygen atoms in total. The second-order valence-electron chi connectivity index (χ2n) is 4.29. The number of rotatable bonds is 8. The summed E-state index contributed by atoms with van der Waals surface area (Å²) in [5.41, 5.74) is 7.19. The summed E-state index contributed by atoms with van der Waals surface area (Å²) >= 11 is 0. The van der Waals surface area contributed by atoms with Gasteiger partial charge in [0, 0.05) is 25.3 Å². The van der Waals surface area contributed by atoms with E-state index in [0.717, 1.165) is 31.2 Å². The number of hydrogen-bond donors (Lipinski definition) is 3. The van der Waals surface area contributed by atoms with Gasteiger partial charge in [0.15, 0.2) is 0 Å². The van der Waals surface area contributed by atoms with E-state index in [9.17, 15) is 4.79 Å². The number of carbonyl (C=O) groups excluding carboxylic acids is 1. The number of aliphatic hydroxyl groups is 1. The Labute approximate surface area is 108 Å². The first kappa shape index (κ1) is 14.7. The summed E-state index contributed by atoms with van der Waals surface area (Å²) in [6.45, 7) is 1.43. The van der Waals surface area contributed by atoms with Gasteiger partial charge in [-0.25, -0.2) is 0 Å². The maximum absolute atomic E-state index is 11.8. The van der Waals surface area contributed by atoms with Crippen molar-refractivity contribution in [3.8, 4) is 0 Å². The first-order valence-electron chi connectivity index (χ1n) is 6.46. The lowest BCUT2D eigenvalue weighted by molar-refractivity contribution is 0.0953. The molecular weight excluding hydrogens is 228 g/mol. The van der Waals surface area contributed by atoms with Crippen LogP contribution in [0.5, 0.6) is 0 Å². The van der Waals surface area contributed by atoms with Gasteiger partial charge in [-0.1, -0.05) is 25.0 Å². The summed E-state index contributed by atoms with van der Waals surface area (Å²) in [5, 5.41) is 11.5. The summed E-state index contributed by atoms with van der Waals surface area (Å²) < 4.78 is 0. The fourth-order valence-corrected chi connectivity index (χ4v) is 1.69. The van der Waals surface area contributed by atoms with Crippen molar-refractivity contribution in [3.63, 3.8) is 0 Å². The zero-order chi connectivity index (χ0) is 13.2. The minimum absolute atomic E-state index is 0.0410. The van der Waals surface area contributed by atoms with Crippen LogP contribution in [0.3, 0.4) is 0 Å². The molecule has 0 aliphatic rings. The Morgan fingerprint density at radius 2 is 1.78 bits per heavy atom. The normalized spacial score (nSPS) is 10.3. The molecule has 0 bridgehead atoms. The van der Waals surface area contributed by atoms with Gasteiger partial charge in [-0.05, 0) is 30.5 Å². The molecule has 100 valence electrons. The lowest BCUT2D eigenvalue weighted by Crippen LogP contribution is -2.24. The van der Waals surface area contributed by atoms with E-state index in [-0.39, 0.29) is 12.5 Å². The number of nitrogens with two attached hydrogens (primary N) is 1. The van der Waals surface area contributed by atoms with E-state index in [0.29, 0.717) is 18.7 Å². The number of nitrogens with one attached hydrogen (secondary N) is 1. The highest BCUT2D eigenvalue weighted by Gasteiger charge is 2.03. The molecule has 0 heterocycles. The molecule has 0 unspecified atom stereocenters. The summed E-state index contributed by atoms with van der Waals surface area (Å²) in [6, 6.07) is 7.33. The summed E-state index contributed by atoms with van der Waals surface area (Å²) in [4.78, 5) is 11.8. The molecule has 4 heteroatoms. The Bertz CT molecular complexity index is 349. The quantitative estimate of drug-likeness (QED) is 0.611. The van der Waals surface area contributed by atoms with Crippen LogP contribution in [0.15, 0.2) is 24.3 Å². The molecule has 1 amide bonds. The molecule has 0 aliphatic carbocycles. The Balaban J connectivity index is 2.23. The van der Waals surface area contributed by atoms with E-state index in [1.165, 1.54) is 0 Å². The molecule has 1 aromatic carbocycles. The largest absolute Gasteiger partial charge is 0.396 e. The van der Waals surface area contributed by atoms with Gasteiger partial charge in [0.05, 0.1) is 0 Å². The number of benzene rings is 1. The second kappa shape index (κ2) is 8.66. The van der Waals surface area contributed by atoms with Crippen molar-refractivity contribution < 1.29 is 9.90 Å². The van der Waals surface area contributed by atoms with Crippen molar-refractivity contribution in [2.75, 3.05) is 13.2 Å². The molecule has 0 fully saturated rings. The van der Waals surface area contributed by atoms with Crippen molar-refractivity contribution >= 4 is 5.91 Å². The highest BCUT2D eigenvalue weighted by atomic mass is 16.2. The Hall–Kier alpha value is -1.39. The fraction of sp³-hybridized carbons (Fsp3) is 0.500. The Morgan fingerprint density at radius 1 is 1.11 bits per heavy atom. The molecule has 4 N–H and O–H groups in total. The van der Waals surface area contributed by atoms with Gasteiger partial charge >= 0.3 is 0 Å². The van der Waals surface area contributed by atoms with Crippen molar-refractivity contribution in [2.24, 2.45) is 5.73 Å². The minimum Gasteiger partial charge on any atom is -0.396 e. The molecule has 0 saturated heterocycles. The summed E-state index contributed by atoms with van der Waals surface area (Å²) in [7, 11) is 0. The van der Waals surface area contributed by atoms with Crippen molar-refractivity contribution in [2.45, 2.75) is 32.2 Å². The van der Waals surface area contributed by atoms with Crippen LogP contribution in [-0.2, 0) is 6.54 Å². The topological polar surface area (TPSA) is 75.4 Å². The maximum Gasteiger partial charge on any atom is 0.251 e.